The van der Waals surface area contributed by atoms with Crippen LogP contribution in [-0.2, 0) is 29.4 Å². The second-order valence-electron chi connectivity index (χ2n) is 7.92. The van der Waals surface area contributed by atoms with Crippen LogP contribution in [0, 0.1) is 0 Å². The van der Waals surface area contributed by atoms with Crippen LogP contribution >= 0.6 is 0 Å². The molecule has 0 fully saturated rings. The Bertz CT molecular complexity index is 1230. The second kappa shape index (κ2) is 9.60. The Morgan fingerprint density at radius 1 is 0.969 bits per heavy atom. The highest BCUT2D eigenvalue weighted by atomic mass is 16.5. The van der Waals surface area contributed by atoms with Crippen LogP contribution in [0.25, 0.3) is 22.0 Å². The van der Waals surface area contributed by atoms with Crippen LogP contribution in [-0.4, -0.2) is 24.3 Å². The van der Waals surface area contributed by atoms with E-state index in [0.29, 0.717) is 30.9 Å². The molecule has 0 saturated heterocycles. The lowest BCUT2D eigenvalue weighted by Gasteiger charge is -2.17. The normalized spacial score (nSPS) is 10.9. The zero-order valence-electron chi connectivity index (χ0n) is 18.5. The molecule has 0 aliphatic rings. The summed E-state index contributed by atoms with van der Waals surface area (Å²) in [5, 5.41) is 1.15. The van der Waals surface area contributed by atoms with E-state index in [4.69, 9.17) is 15.2 Å². The lowest BCUT2D eigenvalue weighted by Crippen LogP contribution is -2.06. The van der Waals surface area contributed by atoms with E-state index in [-0.39, 0.29) is 5.97 Å². The summed E-state index contributed by atoms with van der Waals surface area (Å²) in [6.07, 6.45) is 3.71. The molecule has 4 rings (SSSR count). The number of carbonyl (C=O) groups is 1. The zero-order chi connectivity index (χ0) is 22.5. The number of esters is 1. The number of nitrogens with two attached hydrogens (primary N) is 1. The number of ether oxygens (including phenoxy) is 2. The van der Waals surface area contributed by atoms with Crippen molar-refractivity contribution in [1.82, 2.24) is 4.57 Å². The molecule has 0 bridgehead atoms. The fourth-order valence-corrected chi connectivity index (χ4v) is 3.95. The molecule has 0 amide bonds. The summed E-state index contributed by atoms with van der Waals surface area (Å²) in [6, 6.07) is 22.7. The molecule has 0 atom stereocenters. The third-order valence-electron chi connectivity index (χ3n) is 5.70. The number of rotatable bonds is 8. The number of benzene rings is 3. The second-order valence-corrected chi connectivity index (χ2v) is 7.92. The highest BCUT2D eigenvalue weighted by molar-refractivity contribution is 5.88. The first-order valence-corrected chi connectivity index (χ1v) is 10.8. The van der Waals surface area contributed by atoms with Crippen molar-refractivity contribution in [3.05, 3.63) is 84.1 Å². The predicted octanol–water partition coefficient (Wildman–Crippen LogP) is 5.15. The van der Waals surface area contributed by atoms with Crippen molar-refractivity contribution in [1.29, 1.82) is 0 Å². The van der Waals surface area contributed by atoms with Crippen molar-refractivity contribution in [2.45, 2.75) is 19.3 Å². The molecule has 0 aliphatic carbocycles. The van der Waals surface area contributed by atoms with Gasteiger partial charge in [0.2, 0.25) is 0 Å². The van der Waals surface area contributed by atoms with E-state index >= 15 is 0 Å². The lowest BCUT2D eigenvalue weighted by atomic mass is 9.97. The molecule has 164 valence electrons. The number of hydrogen-bond acceptors (Lipinski definition) is 4. The molecule has 5 nitrogen and oxygen atoms in total. The van der Waals surface area contributed by atoms with Crippen molar-refractivity contribution < 1.29 is 14.3 Å². The van der Waals surface area contributed by atoms with Gasteiger partial charge in [0, 0.05) is 42.6 Å². The van der Waals surface area contributed by atoms with Gasteiger partial charge in [0.1, 0.15) is 5.75 Å². The molecular formula is C27H28N2O3. The minimum absolute atomic E-state index is 0.237. The number of aromatic nitrogens is 1. The van der Waals surface area contributed by atoms with Crippen LogP contribution in [0.5, 0.6) is 5.75 Å². The quantitative estimate of drug-likeness (QED) is 0.311. The molecule has 0 spiro atoms. The highest BCUT2D eigenvalue weighted by Crippen LogP contribution is 2.38. The monoisotopic (exact) mass is 428 g/mol. The van der Waals surface area contributed by atoms with Gasteiger partial charge in [-0.1, -0.05) is 36.4 Å². The molecule has 0 saturated carbocycles. The molecule has 1 aromatic heterocycles. The molecule has 0 aliphatic heterocycles. The van der Waals surface area contributed by atoms with Crippen molar-refractivity contribution in [2.24, 2.45) is 7.05 Å². The summed E-state index contributed by atoms with van der Waals surface area (Å²) >= 11 is 0. The lowest BCUT2D eigenvalue weighted by molar-refractivity contribution is -0.140. The summed E-state index contributed by atoms with van der Waals surface area (Å²) in [4.78, 5) is 11.6. The fraction of sp³-hybridized carbons (Fsp3) is 0.222. The van der Waals surface area contributed by atoms with Gasteiger partial charge in [-0.3, -0.25) is 4.79 Å². The van der Waals surface area contributed by atoms with E-state index < -0.39 is 0 Å². The van der Waals surface area contributed by atoms with Crippen LogP contribution in [0.1, 0.15) is 17.5 Å². The van der Waals surface area contributed by atoms with Crippen LogP contribution < -0.4 is 10.5 Å². The first kappa shape index (κ1) is 21.5. The van der Waals surface area contributed by atoms with Gasteiger partial charge in [0.05, 0.1) is 19.4 Å². The van der Waals surface area contributed by atoms with Crippen molar-refractivity contribution in [3.8, 4) is 16.9 Å². The minimum atomic E-state index is -0.237. The molecule has 1 heterocycles. The fourth-order valence-electron chi connectivity index (χ4n) is 3.95. The Hall–Kier alpha value is -3.73. The SMILES string of the molecule is COC(=O)CCc1cc(N)c(OCCc2ccccc2)c(-c2ccc3c(ccn3C)c2)c1. The van der Waals surface area contributed by atoms with Gasteiger partial charge in [-0.2, -0.15) is 0 Å². The Morgan fingerprint density at radius 3 is 2.56 bits per heavy atom. The number of anilines is 1. The Balaban J connectivity index is 1.67. The molecule has 4 aromatic rings. The zero-order valence-corrected chi connectivity index (χ0v) is 18.5. The number of hydrogen-bond donors (Lipinski definition) is 1. The number of fused-ring (bicyclic) bond motifs is 1. The summed E-state index contributed by atoms with van der Waals surface area (Å²) < 4.78 is 13.1. The molecular weight excluding hydrogens is 400 g/mol. The minimum Gasteiger partial charge on any atom is -0.490 e. The van der Waals surface area contributed by atoms with Crippen LogP contribution in [0.4, 0.5) is 5.69 Å². The molecule has 5 heteroatoms. The third kappa shape index (κ3) is 4.78. The molecule has 3 aromatic carbocycles. The van der Waals surface area contributed by atoms with Crippen molar-refractivity contribution >= 4 is 22.6 Å². The number of nitrogens with zero attached hydrogens (tertiary/aromatic N) is 1. The topological polar surface area (TPSA) is 66.5 Å². The largest absolute Gasteiger partial charge is 0.490 e. The van der Waals surface area contributed by atoms with Gasteiger partial charge in [0.15, 0.2) is 0 Å². The predicted molar refractivity (Wildman–Crippen MR) is 129 cm³/mol. The van der Waals surface area contributed by atoms with E-state index in [1.807, 2.05) is 37.5 Å². The number of carbonyl (C=O) groups excluding carboxylic acids is 1. The maximum atomic E-state index is 11.6. The number of aryl methyl sites for hydroxylation is 2. The van der Waals surface area contributed by atoms with Crippen LogP contribution in [0.3, 0.4) is 0 Å². The van der Waals surface area contributed by atoms with Crippen LogP contribution in [0.2, 0.25) is 0 Å². The number of nitrogen functional groups attached to an aromatic ring is 1. The highest BCUT2D eigenvalue weighted by Gasteiger charge is 2.15. The van der Waals surface area contributed by atoms with Crippen molar-refractivity contribution in [2.75, 3.05) is 19.5 Å². The molecule has 2 N–H and O–H groups in total. The van der Waals surface area contributed by atoms with E-state index in [0.717, 1.165) is 34.0 Å². The maximum Gasteiger partial charge on any atom is 0.305 e. The maximum absolute atomic E-state index is 11.6. The van der Waals surface area contributed by atoms with Gasteiger partial charge in [0.25, 0.3) is 0 Å². The Labute approximate surface area is 188 Å². The summed E-state index contributed by atoms with van der Waals surface area (Å²) in [6.45, 7) is 0.524. The van der Waals surface area contributed by atoms with Gasteiger partial charge >= 0.3 is 5.97 Å². The summed E-state index contributed by atoms with van der Waals surface area (Å²) in [5.41, 5.74) is 12.3. The smallest absolute Gasteiger partial charge is 0.305 e. The average Bonchev–Trinajstić information content (AvgIpc) is 3.19. The number of methoxy groups -OCH3 is 1. The van der Waals surface area contributed by atoms with Gasteiger partial charge < -0.3 is 19.8 Å². The van der Waals surface area contributed by atoms with E-state index in [9.17, 15) is 4.79 Å². The first-order valence-electron chi connectivity index (χ1n) is 10.8. The Kier molecular flexibility index (Phi) is 6.45. The molecule has 32 heavy (non-hydrogen) atoms. The Morgan fingerprint density at radius 2 is 1.78 bits per heavy atom. The third-order valence-corrected chi connectivity index (χ3v) is 5.70. The van der Waals surface area contributed by atoms with Gasteiger partial charge in [-0.05, 0) is 53.4 Å². The van der Waals surface area contributed by atoms with Crippen molar-refractivity contribution in [3.63, 3.8) is 0 Å². The molecule has 0 unspecified atom stereocenters. The van der Waals surface area contributed by atoms with E-state index in [1.165, 1.54) is 12.7 Å². The van der Waals surface area contributed by atoms with Gasteiger partial charge in [-0.15, -0.1) is 0 Å². The summed E-state index contributed by atoms with van der Waals surface area (Å²) in [7, 11) is 3.44. The summed E-state index contributed by atoms with van der Waals surface area (Å²) in [5.74, 6) is 0.442. The van der Waals surface area contributed by atoms with Gasteiger partial charge in [-0.25, -0.2) is 0 Å². The van der Waals surface area contributed by atoms with E-state index in [2.05, 4.69) is 47.0 Å². The molecule has 0 radical (unpaired) electrons. The van der Waals surface area contributed by atoms with Crippen LogP contribution in [0.15, 0.2) is 72.9 Å². The van der Waals surface area contributed by atoms with E-state index in [1.54, 1.807) is 0 Å². The average molecular weight is 429 g/mol. The first-order chi connectivity index (χ1) is 15.5. The standard InChI is InChI=1S/C27H28N2O3/c1-29-14-12-22-18-21(9-10-25(22)29)23-16-20(8-11-26(30)31-2)17-24(28)27(23)32-15-13-19-6-4-3-5-7-19/h3-7,9-10,12,14,16-18H,8,11,13,15,28H2,1-2H3.